The van der Waals surface area contributed by atoms with Gasteiger partial charge in [-0.15, -0.1) is 0 Å². The second kappa shape index (κ2) is 13.0. The maximum absolute atomic E-state index is 12.6. The van der Waals surface area contributed by atoms with Crippen LogP contribution in [0.5, 0.6) is 17.2 Å². The van der Waals surface area contributed by atoms with E-state index in [0.717, 1.165) is 10.9 Å². The number of carbonyl (C=O) groups is 2. The summed E-state index contributed by atoms with van der Waals surface area (Å²) in [5, 5.41) is 7.60. The summed E-state index contributed by atoms with van der Waals surface area (Å²) in [5.74, 6) is 0.839. The summed E-state index contributed by atoms with van der Waals surface area (Å²) < 4.78 is 23.2. The average Bonchev–Trinajstić information content (AvgIpc) is 3.35. The lowest BCUT2D eigenvalue weighted by atomic mass is 10.2. The zero-order valence-corrected chi connectivity index (χ0v) is 23.3. The number of nitrogens with one attached hydrogen (secondary N) is 2. The van der Waals surface area contributed by atoms with E-state index in [-0.39, 0.29) is 18.3 Å². The minimum absolute atomic E-state index is 0.123. The van der Waals surface area contributed by atoms with E-state index in [1.807, 2.05) is 51.1 Å². The van der Waals surface area contributed by atoms with Crippen molar-refractivity contribution in [3.8, 4) is 17.2 Å². The lowest BCUT2D eigenvalue weighted by Gasteiger charge is -2.14. The van der Waals surface area contributed by atoms with E-state index in [1.165, 1.54) is 6.21 Å². The van der Waals surface area contributed by atoms with E-state index < -0.39 is 5.91 Å². The molecule has 0 bridgehead atoms. The monoisotopic (exact) mass is 593 g/mol. The van der Waals surface area contributed by atoms with Crippen molar-refractivity contribution >= 4 is 50.6 Å². The number of furan rings is 1. The molecule has 1 aromatic heterocycles. The molecule has 1 heterocycles. The lowest BCUT2D eigenvalue weighted by molar-refractivity contribution is -0.118. The third-order valence-electron chi connectivity index (χ3n) is 5.45. The molecule has 0 unspecified atom stereocenters. The summed E-state index contributed by atoms with van der Waals surface area (Å²) in [4.78, 5) is 24.9. The third kappa shape index (κ3) is 7.38. The molecule has 0 atom stereocenters. The van der Waals surface area contributed by atoms with Crippen molar-refractivity contribution in [2.45, 2.75) is 20.8 Å². The zero-order valence-electron chi connectivity index (χ0n) is 21.7. The summed E-state index contributed by atoms with van der Waals surface area (Å²) in [6, 6.07) is 17.9. The van der Waals surface area contributed by atoms with Gasteiger partial charge in [-0.2, -0.15) is 5.10 Å². The van der Waals surface area contributed by atoms with Crippen LogP contribution in [0.25, 0.3) is 11.0 Å². The molecule has 0 aliphatic rings. The van der Waals surface area contributed by atoms with Crippen LogP contribution in [0.15, 0.2) is 74.7 Å². The summed E-state index contributed by atoms with van der Waals surface area (Å²) >= 11 is 3.48. The normalized spacial score (nSPS) is 11.0. The zero-order chi connectivity index (χ0) is 27.8. The van der Waals surface area contributed by atoms with Gasteiger partial charge < -0.3 is 23.9 Å². The van der Waals surface area contributed by atoms with Gasteiger partial charge in [-0.25, -0.2) is 5.43 Å². The van der Waals surface area contributed by atoms with Crippen LogP contribution in [0, 0.1) is 6.92 Å². The standard InChI is InChI=1S/C29H28BrN3O6/c1-4-36-22-10-11-24-19(12-22)13-27(39-24)29(35)33-31-16-20-14-25(37-5-2)26(15-23(20)30)38-17-28(34)32-21-8-6-18(3)7-9-21/h6-16H,4-5,17H2,1-3H3,(H,32,34)(H,33,35)/b31-16+. The third-order valence-corrected chi connectivity index (χ3v) is 6.14. The van der Waals surface area contributed by atoms with E-state index >= 15 is 0 Å². The molecule has 202 valence electrons. The molecule has 10 heteroatoms. The summed E-state index contributed by atoms with van der Waals surface area (Å²) in [5.41, 5.74) is 5.45. The number of hydrazone groups is 1. The number of ether oxygens (including phenoxy) is 3. The molecular weight excluding hydrogens is 566 g/mol. The van der Waals surface area contributed by atoms with Crippen LogP contribution in [0.3, 0.4) is 0 Å². The number of amides is 2. The van der Waals surface area contributed by atoms with Crippen molar-refractivity contribution in [2.24, 2.45) is 5.10 Å². The highest BCUT2D eigenvalue weighted by molar-refractivity contribution is 9.10. The Hall–Kier alpha value is -4.31. The van der Waals surface area contributed by atoms with E-state index in [4.69, 9.17) is 18.6 Å². The minimum Gasteiger partial charge on any atom is -0.494 e. The van der Waals surface area contributed by atoms with Crippen LogP contribution in [-0.4, -0.2) is 37.8 Å². The SMILES string of the molecule is CCOc1ccc2oc(C(=O)N/N=C/c3cc(OCC)c(OCC(=O)Nc4ccc(C)cc4)cc3Br)cc2c1. The van der Waals surface area contributed by atoms with Gasteiger partial charge in [-0.1, -0.05) is 17.7 Å². The van der Waals surface area contributed by atoms with Crippen LogP contribution < -0.4 is 25.0 Å². The highest BCUT2D eigenvalue weighted by atomic mass is 79.9. The van der Waals surface area contributed by atoms with Crippen LogP contribution in [0.4, 0.5) is 5.69 Å². The first kappa shape index (κ1) is 27.7. The van der Waals surface area contributed by atoms with Crippen molar-refractivity contribution in [1.82, 2.24) is 5.43 Å². The van der Waals surface area contributed by atoms with Crippen molar-refractivity contribution in [2.75, 3.05) is 25.1 Å². The molecule has 4 aromatic rings. The van der Waals surface area contributed by atoms with Gasteiger partial charge in [0.15, 0.2) is 23.9 Å². The number of anilines is 1. The topological polar surface area (TPSA) is 111 Å². The smallest absolute Gasteiger partial charge is 0.307 e. The van der Waals surface area contributed by atoms with Crippen LogP contribution in [0.1, 0.15) is 35.5 Å². The first-order valence-corrected chi connectivity index (χ1v) is 13.1. The molecule has 2 N–H and O–H groups in total. The van der Waals surface area contributed by atoms with Gasteiger partial charge in [0.25, 0.3) is 5.91 Å². The van der Waals surface area contributed by atoms with Crippen molar-refractivity contribution < 1.29 is 28.2 Å². The molecule has 0 saturated carbocycles. The Morgan fingerprint density at radius 1 is 0.949 bits per heavy atom. The Morgan fingerprint density at radius 2 is 1.69 bits per heavy atom. The molecule has 0 fully saturated rings. The molecular formula is C29H28BrN3O6. The molecule has 0 saturated heterocycles. The number of aryl methyl sites for hydroxylation is 1. The molecule has 39 heavy (non-hydrogen) atoms. The van der Waals surface area contributed by atoms with Crippen molar-refractivity contribution in [3.63, 3.8) is 0 Å². The number of nitrogens with zero attached hydrogens (tertiary/aromatic N) is 1. The lowest BCUT2D eigenvalue weighted by Crippen LogP contribution is -2.20. The molecule has 0 aliphatic heterocycles. The molecule has 9 nitrogen and oxygen atoms in total. The maximum atomic E-state index is 12.6. The second-order valence-electron chi connectivity index (χ2n) is 8.40. The molecule has 0 aliphatic carbocycles. The first-order chi connectivity index (χ1) is 18.9. The van der Waals surface area contributed by atoms with E-state index in [1.54, 1.807) is 30.3 Å². The highest BCUT2D eigenvalue weighted by Crippen LogP contribution is 2.33. The fourth-order valence-electron chi connectivity index (χ4n) is 3.61. The van der Waals surface area contributed by atoms with Crippen LogP contribution >= 0.6 is 15.9 Å². The number of rotatable bonds is 11. The number of halogens is 1. The average molecular weight is 594 g/mol. The Bertz CT molecular complexity index is 1500. The quantitative estimate of drug-likeness (QED) is 0.161. The largest absolute Gasteiger partial charge is 0.494 e. The van der Waals surface area contributed by atoms with E-state index in [2.05, 4.69) is 31.8 Å². The fourth-order valence-corrected chi connectivity index (χ4v) is 4.04. The van der Waals surface area contributed by atoms with Crippen LogP contribution in [-0.2, 0) is 4.79 Å². The predicted octanol–water partition coefficient (Wildman–Crippen LogP) is 6.08. The number of fused-ring (bicyclic) bond motifs is 1. The van der Waals surface area contributed by atoms with E-state index in [0.29, 0.717) is 51.8 Å². The summed E-state index contributed by atoms with van der Waals surface area (Å²) in [6.45, 7) is 6.45. The molecule has 2 amide bonds. The van der Waals surface area contributed by atoms with Gasteiger partial charge in [0, 0.05) is 21.1 Å². The van der Waals surface area contributed by atoms with Crippen molar-refractivity contribution in [1.29, 1.82) is 0 Å². The van der Waals surface area contributed by atoms with Gasteiger partial charge in [0.2, 0.25) is 0 Å². The summed E-state index contributed by atoms with van der Waals surface area (Å²) in [6.07, 6.45) is 1.47. The Labute approximate surface area is 234 Å². The number of benzene rings is 3. The fraction of sp³-hybridized carbons (Fsp3) is 0.207. The number of hydrogen-bond donors (Lipinski definition) is 2. The second-order valence-corrected chi connectivity index (χ2v) is 9.25. The molecule has 0 spiro atoms. The Kier molecular flexibility index (Phi) is 9.22. The van der Waals surface area contributed by atoms with Gasteiger partial charge in [0.05, 0.1) is 19.4 Å². The molecule has 4 rings (SSSR count). The predicted molar refractivity (Wildman–Crippen MR) is 153 cm³/mol. The maximum Gasteiger partial charge on any atom is 0.307 e. The minimum atomic E-state index is -0.499. The van der Waals surface area contributed by atoms with Gasteiger partial charge in [-0.3, -0.25) is 9.59 Å². The molecule has 3 aromatic carbocycles. The number of hydrogen-bond acceptors (Lipinski definition) is 7. The van der Waals surface area contributed by atoms with Crippen molar-refractivity contribution in [3.05, 3.63) is 82.0 Å². The molecule has 0 radical (unpaired) electrons. The van der Waals surface area contributed by atoms with Crippen LogP contribution in [0.2, 0.25) is 0 Å². The van der Waals surface area contributed by atoms with E-state index in [9.17, 15) is 9.59 Å². The highest BCUT2D eigenvalue weighted by Gasteiger charge is 2.14. The van der Waals surface area contributed by atoms with Gasteiger partial charge in [-0.05, 0) is 85.2 Å². The Morgan fingerprint density at radius 3 is 2.44 bits per heavy atom. The number of carbonyl (C=O) groups excluding carboxylic acids is 2. The summed E-state index contributed by atoms with van der Waals surface area (Å²) in [7, 11) is 0. The Balaban J connectivity index is 1.40. The first-order valence-electron chi connectivity index (χ1n) is 12.3. The van der Waals surface area contributed by atoms with Gasteiger partial charge >= 0.3 is 5.91 Å². The van der Waals surface area contributed by atoms with Gasteiger partial charge in [0.1, 0.15) is 11.3 Å².